The number of benzene rings is 3. The number of nitrogens with two attached hydrogens (primary N) is 1. The van der Waals surface area contributed by atoms with Gasteiger partial charge in [0.1, 0.15) is 6.04 Å². The Bertz CT molecular complexity index is 1190. The number of alkyl halides is 7. The highest BCUT2D eigenvalue weighted by molar-refractivity contribution is 5.81. The van der Waals surface area contributed by atoms with Crippen LogP contribution in [0.25, 0.3) is 0 Å². The van der Waals surface area contributed by atoms with Gasteiger partial charge in [-0.25, -0.2) is 0 Å². The van der Waals surface area contributed by atoms with E-state index in [1.807, 2.05) is 0 Å². The van der Waals surface area contributed by atoms with Gasteiger partial charge >= 0.3 is 19.4 Å². The van der Waals surface area contributed by atoms with Crippen LogP contribution in [0, 0.1) is 0 Å². The lowest BCUT2D eigenvalue weighted by molar-refractivity contribution is -0.137. The maximum Gasteiger partial charge on any atom is 0.416 e. The van der Waals surface area contributed by atoms with Gasteiger partial charge in [0.15, 0.2) is 11.5 Å². The number of carbonyl (C=O) groups is 1. The number of hydrogen-bond donors (Lipinski definition) is 2. The Morgan fingerprint density at radius 2 is 1.37 bits per heavy atom. The topological polar surface area (TPSA) is 73.6 Å². The van der Waals surface area contributed by atoms with Gasteiger partial charge in [-0.1, -0.05) is 48.5 Å². The van der Waals surface area contributed by atoms with Crippen molar-refractivity contribution >= 4 is 5.91 Å². The zero-order valence-electron chi connectivity index (χ0n) is 19.6. The molecule has 0 aromatic heterocycles. The van der Waals surface area contributed by atoms with Crippen molar-refractivity contribution in [3.05, 3.63) is 95.1 Å². The minimum Gasteiger partial charge on any atom is -0.431 e. The summed E-state index contributed by atoms with van der Waals surface area (Å²) in [4.78, 5) is 12.0. The molecule has 0 spiro atoms. The summed E-state index contributed by atoms with van der Waals surface area (Å²) >= 11 is 0. The zero-order chi connectivity index (χ0) is 27.9. The van der Waals surface area contributed by atoms with Gasteiger partial charge in [0.25, 0.3) is 0 Å². The van der Waals surface area contributed by atoms with E-state index in [0.717, 1.165) is 24.3 Å². The fourth-order valence-corrected chi connectivity index (χ4v) is 3.95. The first kappa shape index (κ1) is 28.8. The number of halogens is 7. The van der Waals surface area contributed by atoms with Crippen LogP contribution < -0.4 is 20.5 Å². The van der Waals surface area contributed by atoms with Crippen molar-refractivity contribution in [2.45, 2.75) is 37.8 Å². The Morgan fingerprint density at radius 3 is 1.92 bits per heavy atom. The van der Waals surface area contributed by atoms with Crippen LogP contribution in [-0.4, -0.2) is 25.7 Å². The summed E-state index contributed by atoms with van der Waals surface area (Å²) in [6.45, 7) is -6.53. The van der Waals surface area contributed by atoms with E-state index in [1.54, 1.807) is 30.3 Å². The fourth-order valence-electron chi connectivity index (χ4n) is 3.95. The molecule has 0 aliphatic heterocycles. The molecule has 5 nitrogen and oxygen atoms in total. The molecule has 0 heterocycles. The molecule has 0 radical (unpaired) electrons. The molecule has 0 saturated heterocycles. The molecule has 3 aromatic carbocycles. The number of hydrogen-bond acceptors (Lipinski definition) is 4. The first-order valence-corrected chi connectivity index (χ1v) is 11.2. The molecule has 0 saturated carbocycles. The van der Waals surface area contributed by atoms with Gasteiger partial charge in [0, 0.05) is 5.92 Å². The lowest BCUT2D eigenvalue weighted by Gasteiger charge is -2.23. The average molecular weight is 544 g/mol. The van der Waals surface area contributed by atoms with Crippen molar-refractivity contribution in [3.8, 4) is 11.5 Å². The number of carbonyl (C=O) groups excluding carboxylic acids is 1. The lowest BCUT2D eigenvalue weighted by Crippen LogP contribution is -2.34. The molecule has 3 rings (SSSR count). The summed E-state index contributed by atoms with van der Waals surface area (Å²) in [7, 11) is 0. The van der Waals surface area contributed by atoms with E-state index < -0.39 is 54.3 Å². The van der Waals surface area contributed by atoms with E-state index in [1.165, 1.54) is 18.2 Å². The molecule has 2 atom stereocenters. The minimum atomic E-state index is -4.58. The van der Waals surface area contributed by atoms with Crippen molar-refractivity contribution in [3.63, 3.8) is 0 Å². The van der Waals surface area contributed by atoms with Crippen molar-refractivity contribution in [2.75, 3.05) is 6.54 Å². The quantitative estimate of drug-likeness (QED) is 0.265. The number of primary amides is 1. The van der Waals surface area contributed by atoms with Gasteiger partial charge in [-0.3, -0.25) is 4.79 Å². The van der Waals surface area contributed by atoms with Crippen LogP contribution in [0.3, 0.4) is 0 Å². The first-order valence-electron chi connectivity index (χ1n) is 11.2. The van der Waals surface area contributed by atoms with Gasteiger partial charge in [0.05, 0.1) is 5.56 Å². The molecule has 204 valence electrons. The van der Waals surface area contributed by atoms with Crippen molar-refractivity contribution in [1.82, 2.24) is 5.32 Å². The standard InChI is InChI=1S/C26H23F7N2O3/c27-24(28)37-20-11-8-17(14-21(20)38-25(29)30)19(15-6-9-18(10-7-15)26(31,32)33)12-13-35-22(23(34)36)16-4-2-1-3-5-16/h1-11,14,19,22,24-25,35H,12-13H2,(H2,34,36)/t19-,22+/m1/s1. The van der Waals surface area contributed by atoms with Crippen LogP contribution >= 0.6 is 0 Å². The number of rotatable bonds is 12. The molecule has 3 aromatic rings. The van der Waals surface area contributed by atoms with Crippen LogP contribution in [0.2, 0.25) is 0 Å². The lowest BCUT2D eigenvalue weighted by atomic mass is 9.87. The third-order valence-electron chi connectivity index (χ3n) is 5.64. The minimum absolute atomic E-state index is 0.120. The third-order valence-corrected chi connectivity index (χ3v) is 5.64. The summed E-state index contributed by atoms with van der Waals surface area (Å²) in [5.74, 6) is -2.67. The van der Waals surface area contributed by atoms with Crippen LogP contribution in [0.4, 0.5) is 30.7 Å². The molecule has 12 heteroatoms. The maximum atomic E-state index is 13.1. The molecule has 0 fully saturated rings. The Hall–Kier alpha value is -3.80. The molecule has 38 heavy (non-hydrogen) atoms. The highest BCUT2D eigenvalue weighted by Gasteiger charge is 2.30. The third kappa shape index (κ3) is 7.85. The molecule has 1 amide bonds. The Kier molecular flexibility index (Phi) is 9.56. The largest absolute Gasteiger partial charge is 0.431 e. The maximum absolute atomic E-state index is 13.1. The van der Waals surface area contributed by atoms with Gasteiger partial charge in [-0.2, -0.15) is 30.7 Å². The van der Waals surface area contributed by atoms with Gasteiger partial charge in [-0.05, 0) is 53.9 Å². The van der Waals surface area contributed by atoms with E-state index in [4.69, 9.17) is 5.73 Å². The second kappa shape index (κ2) is 12.6. The molecular formula is C26H23F7N2O3. The Labute approximate surface area is 213 Å². The summed E-state index contributed by atoms with van der Waals surface area (Å²) in [6.07, 6.45) is -4.42. The van der Waals surface area contributed by atoms with Crippen LogP contribution in [0.1, 0.15) is 40.6 Å². The molecule has 0 unspecified atom stereocenters. The summed E-state index contributed by atoms with van der Waals surface area (Å²) in [5.41, 5.74) is 5.87. The second-order valence-corrected chi connectivity index (χ2v) is 8.12. The highest BCUT2D eigenvalue weighted by Crippen LogP contribution is 2.38. The predicted molar refractivity (Wildman–Crippen MR) is 124 cm³/mol. The van der Waals surface area contributed by atoms with Crippen LogP contribution in [0.5, 0.6) is 11.5 Å². The fraction of sp³-hybridized carbons (Fsp3) is 0.269. The smallest absolute Gasteiger partial charge is 0.416 e. The Morgan fingerprint density at radius 1 is 0.789 bits per heavy atom. The van der Waals surface area contributed by atoms with Gasteiger partial charge in [-0.15, -0.1) is 0 Å². The normalized spacial score (nSPS) is 13.4. The SMILES string of the molecule is NC(=O)[C@@H](NCC[C@H](c1ccc(C(F)(F)F)cc1)c1ccc(OC(F)F)c(OC(F)F)c1)c1ccccc1. The van der Waals surface area contributed by atoms with Crippen molar-refractivity contribution in [1.29, 1.82) is 0 Å². The summed E-state index contributed by atoms with van der Waals surface area (Å²) < 4.78 is 99.2. The van der Waals surface area contributed by atoms with E-state index >= 15 is 0 Å². The van der Waals surface area contributed by atoms with E-state index in [9.17, 15) is 35.5 Å². The number of amides is 1. The number of ether oxygens (including phenoxy) is 2. The zero-order valence-corrected chi connectivity index (χ0v) is 19.6. The predicted octanol–water partition coefficient (Wildman–Crippen LogP) is 6.25. The van der Waals surface area contributed by atoms with E-state index in [-0.39, 0.29) is 18.5 Å². The summed E-state index contributed by atoms with van der Waals surface area (Å²) in [6, 6.07) is 15.3. The van der Waals surface area contributed by atoms with Crippen LogP contribution in [-0.2, 0) is 11.0 Å². The first-order chi connectivity index (χ1) is 18.0. The van der Waals surface area contributed by atoms with Crippen molar-refractivity contribution in [2.24, 2.45) is 5.73 Å². The monoisotopic (exact) mass is 544 g/mol. The molecule has 3 N–H and O–H groups in total. The van der Waals surface area contributed by atoms with E-state index in [0.29, 0.717) is 11.1 Å². The summed E-state index contributed by atoms with van der Waals surface area (Å²) in [5, 5.41) is 3.00. The molecule has 0 bridgehead atoms. The van der Waals surface area contributed by atoms with Crippen molar-refractivity contribution < 1.29 is 45.0 Å². The second-order valence-electron chi connectivity index (χ2n) is 8.12. The number of nitrogens with one attached hydrogen (secondary N) is 1. The average Bonchev–Trinajstić information content (AvgIpc) is 2.84. The highest BCUT2D eigenvalue weighted by atomic mass is 19.4. The molecular weight excluding hydrogens is 521 g/mol. The van der Waals surface area contributed by atoms with Crippen LogP contribution in [0.15, 0.2) is 72.8 Å². The van der Waals surface area contributed by atoms with Gasteiger partial charge < -0.3 is 20.5 Å². The van der Waals surface area contributed by atoms with Gasteiger partial charge in [0.2, 0.25) is 5.91 Å². The van der Waals surface area contributed by atoms with E-state index in [2.05, 4.69) is 14.8 Å². The molecule has 0 aliphatic carbocycles. The Balaban J connectivity index is 1.94. The molecule has 0 aliphatic rings.